The molecule has 6 rings (SSSR count). The molecule has 260 valence electrons. The van der Waals surface area contributed by atoms with E-state index in [2.05, 4.69) is 40.7 Å². The van der Waals surface area contributed by atoms with Crippen molar-refractivity contribution in [2.24, 2.45) is 44.8 Å². The van der Waals surface area contributed by atoms with Gasteiger partial charge in [0.2, 0.25) is 6.29 Å². The number of carbonyl (C=O) groups excluding carboxylic acids is 1. The molecule has 15 atom stereocenters. The molecule has 10 heteroatoms. The van der Waals surface area contributed by atoms with E-state index in [1.165, 1.54) is 11.1 Å². The molecule has 1 saturated heterocycles. The van der Waals surface area contributed by atoms with Crippen LogP contribution in [0.5, 0.6) is 0 Å². The van der Waals surface area contributed by atoms with Crippen LogP contribution in [0.1, 0.15) is 92.9 Å². The predicted octanol–water partition coefficient (Wildman–Crippen LogP) is 2.36. The van der Waals surface area contributed by atoms with Gasteiger partial charge in [0.05, 0.1) is 30.8 Å². The molecule has 0 amide bonds. The molecule has 7 N–H and O–H groups in total. The maximum absolute atomic E-state index is 14.4. The van der Waals surface area contributed by atoms with E-state index in [4.69, 9.17) is 9.47 Å². The Bertz CT molecular complexity index is 1300. The number of hydrogen-bond acceptors (Lipinski definition) is 10. The van der Waals surface area contributed by atoms with Gasteiger partial charge in [-0.1, -0.05) is 50.5 Å². The third kappa shape index (κ3) is 4.40. The molecule has 0 aromatic rings. The van der Waals surface area contributed by atoms with Crippen LogP contribution < -0.4 is 0 Å². The number of aliphatic hydroxyl groups is 7. The largest absolute Gasteiger partial charge is 0.432 e. The quantitative estimate of drug-likeness (QED) is 0.177. The van der Waals surface area contributed by atoms with Crippen molar-refractivity contribution in [2.45, 2.75) is 136 Å². The van der Waals surface area contributed by atoms with Gasteiger partial charge < -0.3 is 45.2 Å². The number of hydrogen-bond donors (Lipinski definition) is 7. The Labute approximate surface area is 272 Å². The van der Waals surface area contributed by atoms with Crippen LogP contribution in [0.4, 0.5) is 0 Å². The number of fused-ring (bicyclic) bond motifs is 7. The van der Waals surface area contributed by atoms with E-state index in [0.29, 0.717) is 19.3 Å². The first-order valence-corrected chi connectivity index (χ1v) is 17.3. The summed E-state index contributed by atoms with van der Waals surface area (Å²) in [4.78, 5) is 14.4. The zero-order valence-corrected chi connectivity index (χ0v) is 28.3. The van der Waals surface area contributed by atoms with E-state index >= 15 is 0 Å². The van der Waals surface area contributed by atoms with Gasteiger partial charge in [0, 0.05) is 11.3 Å². The molecule has 5 aliphatic carbocycles. The minimum Gasteiger partial charge on any atom is -0.432 e. The molecule has 0 bridgehead atoms. The van der Waals surface area contributed by atoms with E-state index in [1.54, 1.807) is 0 Å². The summed E-state index contributed by atoms with van der Waals surface area (Å²) in [5, 5.41) is 73.8. The second kappa shape index (κ2) is 11.3. The van der Waals surface area contributed by atoms with Gasteiger partial charge in [-0.2, -0.15) is 0 Å². The highest BCUT2D eigenvalue weighted by Gasteiger charge is 2.70. The number of allylic oxidation sites excluding steroid dienone is 4. The van der Waals surface area contributed by atoms with E-state index in [-0.39, 0.29) is 40.6 Å². The predicted molar refractivity (Wildman–Crippen MR) is 168 cm³/mol. The van der Waals surface area contributed by atoms with Gasteiger partial charge in [-0.3, -0.25) is 4.79 Å². The summed E-state index contributed by atoms with van der Waals surface area (Å²) < 4.78 is 11.5. The van der Waals surface area contributed by atoms with Crippen LogP contribution in [0, 0.1) is 44.8 Å². The number of esters is 1. The van der Waals surface area contributed by atoms with Crippen LogP contribution in [-0.2, 0) is 14.3 Å². The van der Waals surface area contributed by atoms with Crippen molar-refractivity contribution in [3.8, 4) is 0 Å². The van der Waals surface area contributed by atoms with Crippen LogP contribution >= 0.6 is 0 Å². The minimum absolute atomic E-state index is 0.0507. The molecule has 1 heterocycles. The fraction of sp³-hybridized carbons (Fsp3) is 0.861. The lowest BCUT2D eigenvalue weighted by molar-refractivity contribution is -0.296. The zero-order chi connectivity index (χ0) is 33.8. The Morgan fingerprint density at radius 3 is 2.28 bits per heavy atom. The van der Waals surface area contributed by atoms with Crippen molar-refractivity contribution in [1.82, 2.24) is 0 Å². The lowest BCUT2D eigenvalue weighted by atomic mass is 9.33. The van der Waals surface area contributed by atoms with Gasteiger partial charge in [0.1, 0.15) is 24.4 Å². The lowest BCUT2D eigenvalue weighted by Crippen LogP contribution is -2.68. The second-order valence-corrected chi connectivity index (χ2v) is 16.8. The molecule has 46 heavy (non-hydrogen) atoms. The number of ether oxygens (including phenoxy) is 2. The summed E-state index contributed by atoms with van der Waals surface area (Å²) in [7, 11) is 0. The molecular weight excluding hydrogens is 592 g/mol. The van der Waals surface area contributed by atoms with Gasteiger partial charge in [-0.05, 0) is 93.3 Å². The SMILES string of the molecule is CC1=C(C)[C@@H]2C3=CC[C@@H]4[C@@]5(C)C[C@@H](O)[C@H](O)[C@@](C)(CO)[C@@H]5CC[C@]4(C)[C@]3(C)CC[C@@]2(C(=O)O[C@@H]2O[C@H](CO)[C@@H](O)[C@H](O)[C@H]2O)CC1. The van der Waals surface area contributed by atoms with Crippen LogP contribution in [0.2, 0.25) is 0 Å². The maximum atomic E-state index is 14.4. The van der Waals surface area contributed by atoms with Gasteiger partial charge in [-0.25, -0.2) is 0 Å². The third-order valence-electron chi connectivity index (χ3n) is 15.1. The molecule has 3 saturated carbocycles. The van der Waals surface area contributed by atoms with E-state index in [0.717, 1.165) is 37.7 Å². The average molecular weight is 649 g/mol. The van der Waals surface area contributed by atoms with Crippen molar-refractivity contribution in [3.63, 3.8) is 0 Å². The third-order valence-corrected chi connectivity index (χ3v) is 15.1. The lowest BCUT2D eigenvalue weighted by Gasteiger charge is -2.71. The van der Waals surface area contributed by atoms with Crippen molar-refractivity contribution in [3.05, 3.63) is 22.8 Å². The summed E-state index contributed by atoms with van der Waals surface area (Å²) in [6.45, 7) is 12.4. The Balaban J connectivity index is 1.38. The maximum Gasteiger partial charge on any atom is 0.315 e. The summed E-state index contributed by atoms with van der Waals surface area (Å²) in [6.07, 6.45) is -1.51. The molecule has 0 aromatic heterocycles. The first-order valence-electron chi connectivity index (χ1n) is 17.3. The summed E-state index contributed by atoms with van der Waals surface area (Å²) in [6, 6.07) is 0. The Morgan fingerprint density at radius 2 is 1.63 bits per heavy atom. The topological polar surface area (TPSA) is 177 Å². The fourth-order valence-electron chi connectivity index (χ4n) is 11.9. The van der Waals surface area contributed by atoms with Gasteiger partial charge in [-0.15, -0.1) is 0 Å². The fourth-order valence-corrected chi connectivity index (χ4v) is 11.9. The molecular formula is C36H56O10. The molecule has 0 spiro atoms. The molecule has 10 nitrogen and oxygen atoms in total. The molecule has 1 aliphatic heterocycles. The Hall–Kier alpha value is -1.37. The van der Waals surface area contributed by atoms with Crippen LogP contribution in [0.25, 0.3) is 0 Å². The highest BCUT2D eigenvalue weighted by Crippen LogP contribution is 2.75. The van der Waals surface area contributed by atoms with E-state index in [1.807, 2.05) is 6.92 Å². The summed E-state index contributed by atoms with van der Waals surface area (Å²) in [5.74, 6) is -0.470. The Morgan fingerprint density at radius 1 is 0.935 bits per heavy atom. The van der Waals surface area contributed by atoms with Gasteiger partial charge >= 0.3 is 5.97 Å². The van der Waals surface area contributed by atoms with Crippen molar-refractivity contribution in [1.29, 1.82) is 0 Å². The number of rotatable bonds is 4. The van der Waals surface area contributed by atoms with E-state index < -0.39 is 66.3 Å². The highest BCUT2D eigenvalue weighted by molar-refractivity contribution is 5.80. The second-order valence-electron chi connectivity index (χ2n) is 16.8. The molecule has 6 aliphatic rings. The van der Waals surface area contributed by atoms with Gasteiger partial charge in [0.15, 0.2) is 0 Å². The molecule has 0 aromatic carbocycles. The van der Waals surface area contributed by atoms with E-state index in [9.17, 15) is 40.5 Å². The molecule has 0 unspecified atom stereocenters. The highest BCUT2D eigenvalue weighted by atomic mass is 16.7. The summed E-state index contributed by atoms with van der Waals surface area (Å²) in [5.41, 5.74) is 1.20. The van der Waals surface area contributed by atoms with Crippen molar-refractivity contribution < 1.29 is 50.0 Å². The summed E-state index contributed by atoms with van der Waals surface area (Å²) >= 11 is 0. The number of aliphatic hydroxyl groups excluding tert-OH is 7. The number of carbonyl (C=O) groups is 1. The molecule has 4 fully saturated rings. The average Bonchev–Trinajstić information content (AvgIpc) is 3.02. The van der Waals surface area contributed by atoms with Crippen LogP contribution in [0.15, 0.2) is 22.8 Å². The monoisotopic (exact) mass is 648 g/mol. The van der Waals surface area contributed by atoms with Gasteiger partial charge in [0.25, 0.3) is 0 Å². The normalized spacial score (nSPS) is 53.7. The van der Waals surface area contributed by atoms with Crippen molar-refractivity contribution >= 4 is 5.97 Å². The van der Waals surface area contributed by atoms with Crippen LogP contribution in [-0.4, -0.2) is 97.8 Å². The molecule has 0 radical (unpaired) electrons. The zero-order valence-electron chi connectivity index (χ0n) is 28.3. The Kier molecular flexibility index (Phi) is 8.50. The standard InChI is InChI=1S/C36H56O10/c1-18-9-12-36(31(44)46-30-28(42)27(41)26(40)22(16-37)45-30)14-13-34(5)20(25(36)19(18)2)7-8-24-32(3)15-21(39)29(43)33(4,17-38)23(32)10-11-35(24,34)6/h7,21-30,37-43H,8-17H2,1-6H3/t21-,22-,23-,24-,25-,26-,27+,28-,29+,30+,32+,33+,34-,35+,36+/m1/s1. The first-order chi connectivity index (χ1) is 21.5. The first kappa shape index (κ1) is 34.5. The van der Waals surface area contributed by atoms with Crippen molar-refractivity contribution in [2.75, 3.05) is 13.2 Å². The smallest absolute Gasteiger partial charge is 0.315 e. The van der Waals surface area contributed by atoms with Crippen LogP contribution in [0.3, 0.4) is 0 Å². The minimum atomic E-state index is -1.66.